The van der Waals surface area contributed by atoms with Crippen LogP contribution in [0.4, 0.5) is 14.5 Å². The van der Waals surface area contributed by atoms with Crippen molar-refractivity contribution in [1.29, 1.82) is 0 Å². The Labute approximate surface area is 100 Å². The van der Waals surface area contributed by atoms with Crippen LogP contribution >= 0.6 is 15.9 Å². The standard InChI is InChI=1S/C10H11BrF2N2O/c1-2-14-5-10(16)15-9-3-6(11)7(12)4-8(9)13/h3-4,14H,2,5H2,1H3,(H,15,16). The minimum absolute atomic E-state index is 0.0452. The zero-order valence-electron chi connectivity index (χ0n) is 8.61. The number of amides is 1. The van der Waals surface area contributed by atoms with Gasteiger partial charge >= 0.3 is 0 Å². The van der Waals surface area contributed by atoms with Gasteiger partial charge in [-0.15, -0.1) is 0 Å². The predicted molar refractivity (Wildman–Crippen MR) is 61.2 cm³/mol. The second kappa shape index (κ2) is 5.91. The molecule has 2 N–H and O–H groups in total. The van der Waals surface area contributed by atoms with E-state index < -0.39 is 11.6 Å². The summed E-state index contributed by atoms with van der Waals surface area (Å²) in [5, 5.41) is 5.13. The smallest absolute Gasteiger partial charge is 0.238 e. The lowest BCUT2D eigenvalue weighted by Gasteiger charge is -2.07. The fraction of sp³-hybridized carbons (Fsp3) is 0.300. The second-order valence-corrected chi connectivity index (χ2v) is 3.93. The SMILES string of the molecule is CCNCC(=O)Nc1cc(Br)c(F)cc1F. The molecule has 0 fully saturated rings. The molecule has 88 valence electrons. The van der Waals surface area contributed by atoms with Crippen LogP contribution in [0.2, 0.25) is 0 Å². The molecule has 0 atom stereocenters. The summed E-state index contributed by atoms with van der Waals surface area (Å²) in [6, 6.07) is 1.90. The largest absolute Gasteiger partial charge is 0.322 e. The molecule has 0 saturated heterocycles. The van der Waals surface area contributed by atoms with Crippen LogP contribution in [0.15, 0.2) is 16.6 Å². The average molecular weight is 293 g/mol. The Morgan fingerprint density at radius 1 is 1.38 bits per heavy atom. The predicted octanol–water partition coefficient (Wildman–Crippen LogP) is 2.28. The molecule has 1 rings (SSSR count). The van der Waals surface area contributed by atoms with E-state index in [0.29, 0.717) is 12.6 Å². The Kier molecular flexibility index (Phi) is 4.82. The third kappa shape index (κ3) is 3.53. The number of carbonyl (C=O) groups excluding carboxylic acids is 1. The van der Waals surface area contributed by atoms with Crippen molar-refractivity contribution >= 4 is 27.5 Å². The van der Waals surface area contributed by atoms with Crippen molar-refractivity contribution in [3.8, 4) is 0 Å². The molecule has 0 aromatic heterocycles. The molecule has 0 aliphatic rings. The van der Waals surface area contributed by atoms with Crippen LogP contribution in [-0.4, -0.2) is 19.0 Å². The first-order chi connectivity index (χ1) is 7.54. The quantitative estimate of drug-likeness (QED) is 0.836. The van der Waals surface area contributed by atoms with Gasteiger partial charge in [0.25, 0.3) is 0 Å². The molecule has 0 radical (unpaired) electrons. The third-order valence-corrected chi connectivity index (χ3v) is 2.43. The first-order valence-electron chi connectivity index (χ1n) is 4.69. The number of rotatable bonds is 4. The number of nitrogens with one attached hydrogen (secondary N) is 2. The fourth-order valence-electron chi connectivity index (χ4n) is 1.05. The van der Waals surface area contributed by atoms with Gasteiger partial charge < -0.3 is 10.6 Å². The molecule has 0 unspecified atom stereocenters. The summed E-state index contributed by atoms with van der Waals surface area (Å²) >= 11 is 2.91. The summed E-state index contributed by atoms with van der Waals surface area (Å²) in [5.74, 6) is -1.88. The van der Waals surface area contributed by atoms with E-state index in [2.05, 4.69) is 26.6 Å². The normalized spacial score (nSPS) is 10.2. The van der Waals surface area contributed by atoms with Crippen molar-refractivity contribution in [2.45, 2.75) is 6.92 Å². The van der Waals surface area contributed by atoms with Gasteiger partial charge in [-0.1, -0.05) is 6.92 Å². The number of likely N-dealkylation sites (N-methyl/N-ethyl adjacent to an activating group) is 1. The second-order valence-electron chi connectivity index (χ2n) is 3.07. The Morgan fingerprint density at radius 3 is 2.69 bits per heavy atom. The molecule has 1 aromatic rings. The van der Waals surface area contributed by atoms with Crippen LogP contribution in [0.3, 0.4) is 0 Å². The number of benzene rings is 1. The Balaban J connectivity index is 2.73. The van der Waals surface area contributed by atoms with Gasteiger partial charge in [-0.25, -0.2) is 8.78 Å². The number of hydrogen-bond donors (Lipinski definition) is 2. The first-order valence-corrected chi connectivity index (χ1v) is 5.49. The Bertz CT molecular complexity index is 399. The van der Waals surface area contributed by atoms with E-state index in [9.17, 15) is 13.6 Å². The summed E-state index contributed by atoms with van der Waals surface area (Å²) < 4.78 is 26.2. The summed E-state index contributed by atoms with van der Waals surface area (Å²) in [6.45, 7) is 2.58. The summed E-state index contributed by atoms with van der Waals surface area (Å²) in [5.41, 5.74) is -0.0452. The van der Waals surface area contributed by atoms with Gasteiger partial charge in [0.05, 0.1) is 16.7 Å². The van der Waals surface area contributed by atoms with E-state index in [1.165, 1.54) is 6.07 Å². The molecule has 3 nitrogen and oxygen atoms in total. The van der Waals surface area contributed by atoms with E-state index in [1.807, 2.05) is 6.92 Å². The van der Waals surface area contributed by atoms with Gasteiger partial charge in [-0.2, -0.15) is 0 Å². The number of carbonyl (C=O) groups is 1. The molecule has 0 spiro atoms. The lowest BCUT2D eigenvalue weighted by Crippen LogP contribution is -2.28. The van der Waals surface area contributed by atoms with E-state index in [-0.39, 0.29) is 22.6 Å². The van der Waals surface area contributed by atoms with Crippen LogP contribution in [0.25, 0.3) is 0 Å². The average Bonchev–Trinajstić information content (AvgIpc) is 2.23. The molecular formula is C10H11BrF2N2O. The minimum atomic E-state index is -0.800. The van der Waals surface area contributed by atoms with Crippen molar-refractivity contribution in [3.63, 3.8) is 0 Å². The van der Waals surface area contributed by atoms with Gasteiger partial charge in [0.1, 0.15) is 11.6 Å². The van der Waals surface area contributed by atoms with Crippen LogP contribution in [0, 0.1) is 11.6 Å². The van der Waals surface area contributed by atoms with Crippen molar-refractivity contribution in [3.05, 3.63) is 28.2 Å². The lowest BCUT2D eigenvalue weighted by atomic mass is 10.3. The van der Waals surface area contributed by atoms with E-state index in [0.717, 1.165) is 0 Å². The maximum absolute atomic E-state index is 13.2. The molecular weight excluding hydrogens is 282 g/mol. The molecule has 0 aliphatic carbocycles. The van der Waals surface area contributed by atoms with Gasteiger partial charge in [0, 0.05) is 6.07 Å². The minimum Gasteiger partial charge on any atom is -0.322 e. The van der Waals surface area contributed by atoms with E-state index in [1.54, 1.807) is 0 Å². The fourth-order valence-corrected chi connectivity index (χ4v) is 1.39. The van der Waals surface area contributed by atoms with Gasteiger partial charge in [0.2, 0.25) is 5.91 Å². The van der Waals surface area contributed by atoms with E-state index in [4.69, 9.17) is 0 Å². The Morgan fingerprint density at radius 2 is 2.06 bits per heavy atom. The van der Waals surface area contributed by atoms with Crippen molar-refractivity contribution < 1.29 is 13.6 Å². The zero-order valence-corrected chi connectivity index (χ0v) is 10.2. The van der Waals surface area contributed by atoms with E-state index >= 15 is 0 Å². The number of anilines is 1. The summed E-state index contributed by atoms with van der Waals surface area (Å²) in [6.07, 6.45) is 0. The van der Waals surface area contributed by atoms with Crippen LogP contribution in [0.1, 0.15) is 6.92 Å². The maximum Gasteiger partial charge on any atom is 0.238 e. The van der Waals surface area contributed by atoms with Gasteiger partial charge in [-0.05, 0) is 28.5 Å². The number of hydrogen-bond acceptors (Lipinski definition) is 2. The number of halogens is 3. The molecule has 0 aliphatic heterocycles. The van der Waals surface area contributed by atoms with Gasteiger partial charge in [0.15, 0.2) is 0 Å². The topological polar surface area (TPSA) is 41.1 Å². The summed E-state index contributed by atoms with van der Waals surface area (Å²) in [7, 11) is 0. The van der Waals surface area contributed by atoms with Crippen molar-refractivity contribution in [2.75, 3.05) is 18.4 Å². The van der Waals surface area contributed by atoms with Crippen LogP contribution in [0.5, 0.6) is 0 Å². The Hall–Kier alpha value is -1.01. The molecule has 0 bridgehead atoms. The van der Waals surface area contributed by atoms with Crippen LogP contribution in [-0.2, 0) is 4.79 Å². The summed E-state index contributed by atoms with van der Waals surface area (Å²) in [4.78, 5) is 11.3. The zero-order chi connectivity index (χ0) is 12.1. The molecule has 0 heterocycles. The highest BCUT2D eigenvalue weighted by molar-refractivity contribution is 9.10. The highest BCUT2D eigenvalue weighted by atomic mass is 79.9. The molecule has 16 heavy (non-hydrogen) atoms. The third-order valence-electron chi connectivity index (χ3n) is 1.82. The highest BCUT2D eigenvalue weighted by Crippen LogP contribution is 2.23. The maximum atomic E-state index is 13.2. The first kappa shape index (κ1) is 13.1. The lowest BCUT2D eigenvalue weighted by molar-refractivity contribution is -0.115. The van der Waals surface area contributed by atoms with Crippen molar-refractivity contribution in [2.24, 2.45) is 0 Å². The van der Waals surface area contributed by atoms with Gasteiger partial charge in [-0.3, -0.25) is 4.79 Å². The highest BCUT2D eigenvalue weighted by Gasteiger charge is 2.10. The molecule has 0 saturated carbocycles. The monoisotopic (exact) mass is 292 g/mol. The molecule has 1 aromatic carbocycles. The van der Waals surface area contributed by atoms with Crippen molar-refractivity contribution in [1.82, 2.24) is 5.32 Å². The molecule has 6 heteroatoms. The molecule has 1 amide bonds. The van der Waals surface area contributed by atoms with Crippen LogP contribution < -0.4 is 10.6 Å².